The van der Waals surface area contributed by atoms with Gasteiger partial charge in [0.1, 0.15) is 0 Å². The van der Waals surface area contributed by atoms with Crippen molar-refractivity contribution in [1.82, 2.24) is 0 Å². The van der Waals surface area contributed by atoms with Gasteiger partial charge in [-0.15, -0.1) is 0 Å². The van der Waals surface area contributed by atoms with E-state index in [1.165, 1.54) is 5.56 Å². The zero-order valence-corrected chi connectivity index (χ0v) is 13.4. The fraction of sp³-hybridized carbons (Fsp3) is 0.300. The zero-order valence-electron chi connectivity index (χ0n) is 13.4. The quantitative estimate of drug-likeness (QED) is 0.875. The van der Waals surface area contributed by atoms with Crippen LogP contribution in [0.3, 0.4) is 0 Å². The molecule has 1 unspecified atom stereocenters. The number of aromatic carboxylic acids is 1. The highest BCUT2D eigenvalue weighted by atomic mass is 16.4. The van der Waals surface area contributed by atoms with Crippen LogP contribution in [0.1, 0.15) is 40.7 Å². The van der Waals surface area contributed by atoms with Gasteiger partial charge in [0, 0.05) is 0 Å². The molecule has 0 aliphatic heterocycles. The number of aliphatic carboxylic acids is 1. The van der Waals surface area contributed by atoms with Gasteiger partial charge in [-0.2, -0.15) is 0 Å². The first kappa shape index (κ1) is 16.2. The Kier molecular flexibility index (Phi) is 4.65. The molecular formula is C20H20O4. The lowest BCUT2D eigenvalue weighted by Crippen LogP contribution is -2.18. The standard InChI is InChI=1S/C20H20O4/c21-19(22)15-7-2-1-5-13-6-3-4-8-17(13)18-12-16(20(23)24)10-9-14(18)11-15/h3-4,6,8-10,12,15H,1-2,5,7,11H2,(H,21,22)(H,23,24). The van der Waals surface area contributed by atoms with Crippen LogP contribution >= 0.6 is 0 Å². The molecule has 2 aromatic rings. The van der Waals surface area contributed by atoms with E-state index in [4.69, 9.17) is 0 Å². The molecule has 1 aliphatic carbocycles. The van der Waals surface area contributed by atoms with E-state index in [9.17, 15) is 19.8 Å². The zero-order chi connectivity index (χ0) is 17.1. The van der Waals surface area contributed by atoms with E-state index in [1.807, 2.05) is 18.2 Å². The van der Waals surface area contributed by atoms with Crippen LogP contribution in [0.2, 0.25) is 0 Å². The molecule has 2 N–H and O–H groups in total. The summed E-state index contributed by atoms with van der Waals surface area (Å²) in [5, 5.41) is 18.8. The largest absolute Gasteiger partial charge is 0.481 e. The molecule has 0 aromatic heterocycles. The Morgan fingerprint density at radius 3 is 2.46 bits per heavy atom. The van der Waals surface area contributed by atoms with Crippen molar-refractivity contribution in [3.8, 4) is 11.1 Å². The van der Waals surface area contributed by atoms with Gasteiger partial charge in [-0.3, -0.25) is 4.79 Å². The maximum atomic E-state index is 11.6. The summed E-state index contributed by atoms with van der Waals surface area (Å²) < 4.78 is 0. The Balaban J connectivity index is 2.17. The van der Waals surface area contributed by atoms with Gasteiger partial charge in [0.15, 0.2) is 0 Å². The monoisotopic (exact) mass is 324 g/mol. The normalized spacial score (nSPS) is 17.4. The van der Waals surface area contributed by atoms with Gasteiger partial charge in [-0.1, -0.05) is 36.8 Å². The van der Waals surface area contributed by atoms with Crippen molar-refractivity contribution in [3.05, 3.63) is 59.2 Å². The second-order valence-electron chi connectivity index (χ2n) is 6.32. The van der Waals surface area contributed by atoms with Crippen molar-refractivity contribution >= 4 is 11.9 Å². The second kappa shape index (κ2) is 6.87. The lowest BCUT2D eigenvalue weighted by atomic mass is 9.84. The number of benzene rings is 2. The second-order valence-corrected chi connectivity index (χ2v) is 6.32. The minimum atomic E-state index is -0.970. The molecule has 0 amide bonds. The molecule has 4 nitrogen and oxygen atoms in total. The summed E-state index contributed by atoms with van der Waals surface area (Å²) in [4.78, 5) is 22.9. The van der Waals surface area contributed by atoms with E-state index in [0.29, 0.717) is 12.8 Å². The van der Waals surface area contributed by atoms with Crippen LogP contribution in [-0.2, 0) is 17.6 Å². The highest BCUT2D eigenvalue weighted by molar-refractivity contribution is 5.90. The van der Waals surface area contributed by atoms with Crippen LogP contribution in [0, 0.1) is 5.92 Å². The molecule has 3 rings (SSSR count). The first-order valence-electron chi connectivity index (χ1n) is 8.23. The van der Waals surface area contributed by atoms with Gasteiger partial charge in [0.05, 0.1) is 11.5 Å². The summed E-state index contributed by atoms with van der Waals surface area (Å²) in [7, 11) is 0. The number of rotatable bonds is 2. The summed E-state index contributed by atoms with van der Waals surface area (Å²) >= 11 is 0. The fourth-order valence-corrected chi connectivity index (χ4v) is 3.42. The lowest BCUT2D eigenvalue weighted by molar-refractivity contribution is -0.142. The average molecular weight is 324 g/mol. The van der Waals surface area contributed by atoms with E-state index in [1.54, 1.807) is 18.2 Å². The Labute approximate surface area is 140 Å². The van der Waals surface area contributed by atoms with Crippen LogP contribution in [0.5, 0.6) is 0 Å². The molecule has 0 saturated carbocycles. The summed E-state index contributed by atoms with van der Waals surface area (Å²) in [5.74, 6) is -2.18. The van der Waals surface area contributed by atoms with Crippen molar-refractivity contribution in [1.29, 1.82) is 0 Å². The highest BCUT2D eigenvalue weighted by Gasteiger charge is 2.22. The third-order valence-electron chi connectivity index (χ3n) is 4.73. The minimum Gasteiger partial charge on any atom is -0.481 e. The minimum absolute atomic E-state index is 0.229. The Hall–Kier alpha value is -2.62. The summed E-state index contributed by atoms with van der Waals surface area (Å²) in [6, 6.07) is 13.0. The number of carboxylic acid groups (broad SMARTS) is 2. The summed E-state index contributed by atoms with van der Waals surface area (Å²) in [6.45, 7) is 0. The SMILES string of the molecule is O=C(O)c1ccc2c(c1)-c1ccccc1CCCCC(C(=O)O)C2. The Morgan fingerprint density at radius 1 is 0.917 bits per heavy atom. The Bertz CT molecular complexity index is 779. The van der Waals surface area contributed by atoms with Crippen LogP contribution < -0.4 is 0 Å². The third-order valence-corrected chi connectivity index (χ3v) is 4.73. The number of fused-ring (bicyclic) bond motifs is 3. The first-order valence-corrected chi connectivity index (χ1v) is 8.23. The molecular weight excluding hydrogens is 304 g/mol. The van der Waals surface area contributed by atoms with E-state index in [0.717, 1.165) is 36.0 Å². The Morgan fingerprint density at radius 2 is 1.71 bits per heavy atom. The predicted molar refractivity (Wildman–Crippen MR) is 91.2 cm³/mol. The van der Waals surface area contributed by atoms with Crippen molar-refractivity contribution in [2.75, 3.05) is 0 Å². The number of aryl methyl sites for hydroxylation is 1. The molecule has 124 valence electrons. The van der Waals surface area contributed by atoms with Crippen LogP contribution in [0.4, 0.5) is 0 Å². The highest BCUT2D eigenvalue weighted by Crippen LogP contribution is 2.33. The van der Waals surface area contributed by atoms with Gasteiger partial charge < -0.3 is 10.2 Å². The molecule has 0 spiro atoms. The third kappa shape index (κ3) is 3.32. The summed E-state index contributed by atoms with van der Waals surface area (Å²) in [5.41, 5.74) is 4.18. The molecule has 1 aliphatic rings. The molecule has 0 fully saturated rings. The number of carboxylic acids is 2. The molecule has 0 radical (unpaired) electrons. The van der Waals surface area contributed by atoms with E-state index in [-0.39, 0.29) is 5.56 Å². The van der Waals surface area contributed by atoms with Gasteiger partial charge in [-0.05, 0) is 60.1 Å². The number of hydrogen-bond donors (Lipinski definition) is 2. The smallest absolute Gasteiger partial charge is 0.335 e. The topological polar surface area (TPSA) is 74.6 Å². The molecule has 4 heteroatoms. The average Bonchev–Trinajstić information content (AvgIpc) is 2.58. The molecule has 0 heterocycles. The number of hydrogen-bond acceptors (Lipinski definition) is 2. The van der Waals surface area contributed by atoms with Crippen molar-refractivity contribution in [2.45, 2.75) is 32.1 Å². The molecule has 24 heavy (non-hydrogen) atoms. The van der Waals surface area contributed by atoms with Gasteiger partial charge >= 0.3 is 11.9 Å². The maximum Gasteiger partial charge on any atom is 0.335 e. The van der Waals surface area contributed by atoms with Crippen LogP contribution in [0.25, 0.3) is 11.1 Å². The van der Waals surface area contributed by atoms with E-state index < -0.39 is 17.9 Å². The van der Waals surface area contributed by atoms with Crippen LogP contribution in [0.15, 0.2) is 42.5 Å². The van der Waals surface area contributed by atoms with Crippen LogP contribution in [-0.4, -0.2) is 22.2 Å². The van der Waals surface area contributed by atoms with E-state index in [2.05, 4.69) is 6.07 Å². The van der Waals surface area contributed by atoms with E-state index >= 15 is 0 Å². The first-order chi connectivity index (χ1) is 11.6. The fourth-order valence-electron chi connectivity index (χ4n) is 3.42. The van der Waals surface area contributed by atoms with Crippen molar-refractivity contribution < 1.29 is 19.8 Å². The van der Waals surface area contributed by atoms with Gasteiger partial charge in [0.25, 0.3) is 0 Å². The summed E-state index contributed by atoms with van der Waals surface area (Å²) in [6.07, 6.45) is 3.78. The predicted octanol–water partition coefficient (Wildman–Crippen LogP) is 4.02. The van der Waals surface area contributed by atoms with Crippen molar-refractivity contribution in [3.63, 3.8) is 0 Å². The molecule has 1 atom stereocenters. The lowest BCUT2D eigenvalue weighted by Gasteiger charge is -2.20. The maximum absolute atomic E-state index is 11.6. The van der Waals surface area contributed by atoms with Gasteiger partial charge in [-0.25, -0.2) is 4.79 Å². The van der Waals surface area contributed by atoms with Crippen molar-refractivity contribution in [2.24, 2.45) is 5.92 Å². The molecule has 0 saturated heterocycles. The van der Waals surface area contributed by atoms with Gasteiger partial charge in [0.2, 0.25) is 0 Å². The molecule has 0 bridgehead atoms. The molecule has 2 aromatic carbocycles. The number of carbonyl (C=O) groups is 2.